The standard InChI is InChI=1S/C18H12Br2O2/c19-9-17(21)13-5-1-3-11-7-12-4-2-6-14(18(22)10-20)16(12)8-15(11)13/h1-8H,9-10H2. The number of alkyl halides is 2. The summed E-state index contributed by atoms with van der Waals surface area (Å²) in [6.45, 7) is 0. The molecule has 0 saturated carbocycles. The molecular weight excluding hydrogens is 408 g/mol. The molecule has 0 radical (unpaired) electrons. The van der Waals surface area contributed by atoms with E-state index in [1.54, 1.807) is 0 Å². The molecule has 0 aliphatic carbocycles. The van der Waals surface area contributed by atoms with E-state index in [0.717, 1.165) is 21.5 Å². The van der Waals surface area contributed by atoms with Crippen molar-refractivity contribution in [1.82, 2.24) is 0 Å². The number of rotatable bonds is 4. The van der Waals surface area contributed by atoms with Gasteiger partial charge in [-0.25, -0.2) is 0 Å². The van der Waals surface area contributed by atoms with Crippen molar-refractivity contribution in [3.05, 3.63) is 59.7 Å². The SMILES string of the molecule is O=C(CBr)c1cccc2cc3cccc(C(=O)CBr)c3cc12. The molecule has 2 nitrogen and oxygen atoms in total. The Morgan fingerprint density at radius 2 is 1.18 bits per heavy atom. The molecule has 22 heavy (non-hydrogen) atoms. The van der Waals surface area contributed by atoms with Crippen LogP contribution in [0.25, 0.3) is 21.5 Å². The lowest BCUT2D eigenvalue weighted by Gasteiger charge is -2.09. The van der Waals surface area contributed by atoms with Crippen LogP contribution in [0.15, 0.2) is 48.5 Å². The maximum absolute atomic E-state index is 12.1. The first-order chi connectivity index (χ1) is 10.7. The minimum Gasteiger partial charge on any atom is -0.293 e. The monoisotopic (exact) mass is 418 g/mol. The first kappa shape index (κ1) is 15.4. The largest absolute Gasteiger partial charge is 0.293 e. The molecule has 0 amide bonds. The van der Waals surface area contributed by atoms with Gasteiger partial charge >= 0.3 is 0 Å². The first-order valence-electron chi connectivity index (χ1n) is 6.79. The Morgan fingerprint density at radius 1 is 0.727 bits per heavy atom. The summed E-state index contributed by atoms with van der Waals surface area (Å²) in [4.78, 5) is 24.2. The quantitative estimate of drug-likeness (QED) is 0.333. The fraction of sp³-hybridized carbons (Fsp3) is 0.111. The second kappa shape index (κ2) is 6.31. The van der Waals surface area contributed by atoms with Crippen molar-refractivity contribution < 1.29 is 9.59 Å². The molecule has 0 aromatic heterocycles. The van der Waals surface area contributed by atoms with Crippen LogP contribution in [-0.4, -0.2) is 22.2 Å². The molecule has 0 spiro atoms. The van der Waals surface area contributed by atoms with Gasteiger partial charge in [-0.15, -0.1) is 0 Å². The minimum atomic E-state index is 0.0363. The van der Waals surface area contributed by atoms with E-state index < -0.39 is 0 Å². The molecule has 0 atom stereocenters. The molecule has 0 saturated heterocycles. The van der Waals surface area contributed by atoms with E-state index in [1.165, 1.54) is 0 Å². The molecule has 0 aliphatic rings. The van der Waals surface area contributed by atoms with Gasteiger partial charge in [-0.1, -0.05) is 68.3 Å². The summed E-state index contributed by atoms with van der Waals surface area (Å²) in [5, 5.41) is 4.34. The van der Waals surface area contributed by atoms with Gasteiger partial charge in [0, 0.05) is 11.1 Å². The average molecular weight is 420 g/mol. The highest BCUT2D eigenvalue weighted by molar-refractivity contribution is 9.09. The molecule has 0 fully saturated rings. The number of fused-ring (bicyclic) bond motifs is 2. The Morgan fingerprint density at radius 3 is 1.59 bits per heavy atom. The zero-order valence-electron chi connectivity index (χ0n) is 11.6. The summed E-state index contributed by atoms with van der Waals surface area (Å²) in [6.07, 6.45) is 0. The fourth-order valence-electron chi connectivity index (χ4n) is 2.68. The second-order valence-corrected chi connectivity index (χ2v) is 6.14. The molecule has 0 N–H and O–H groups in total. The third-order valence-corrected chi connectivity index (χ3v) is 4.74. The van der Waals surface area contributed by atoms with Crippen LogP contribution in [0.4, 0.5) is 0 Å². The predicted molar refractivity (Wildman–Crippen MR) is 97.7 cm³/mol. The van der Waals surface area contributed by atoms with Crippen LogP contribution in [0.1, 0.15) is 20.7 Å². The maximum atomic E-state index is 12.1. The van der Waals surface area contributed by atoms with E-state index in [4.69, 9.17) is 0 Å². The molecule has 3 aromatic rings. The summed E-state index contributed by atoms with van der Waals surface area (Å²) in [6, 6.07) is 15.4. The van der Waals surface area contributed by atoms with Crippen molar-refractivity contribution in [3.8, 4) is 0 Å². The highest BCUT2D eigenvalue weighted by Gasteiger charge is 2.13. The van der Waals surface area contributed by atoms with Gasteiger partial charge in [-0.2, -0.15) is 0 Å². The maximum Gasteiger partial charge on any atom is 0.173 e. The van der Waals surface area contributed by atoms with Gasteiger partial charge in [-0.3, -0.25) is 9.59 Å². The van der Waals surface area contributed by atoms with Crippen LogP contribution < -0.4 is 0 Å². The van der Waals surface area contributed by atoms with Gasteiger partial charge in [0.2, 0.25) is 0 Å². The molecule has 0 aliphatic heterocycles. The summed E-state index contributed by atoms with van der Waals surface area (Å²) in [5.74, 6) is 0.0727. The first-order valence-corrected chi connectivity index (χ1v) is 9.04. The number of Topliss-reactive ketones (excluding diaryl/α,β-unsaturated/α-hetero) is 2. The zero-order chi connectivity index (χ0) is 15.7. The number of carbonyl (C=O) groups excluding carboxylic acids is 2. The van der Waals surface area contributed by atoms with Gasteiger partial charge in [0.1, 0.15) is 0 Å². The van der Waals surface area contributed by atoms with E-state index in [0.29, 0.717) is 11.1 Å². The highest BCUT2D eigenvalue weighted by atomic mass is 79.9. The molecule has 3 aromatic carbocycles. The molecule has 0 bridgehead atoms. The van der Waals surface area contributed by atoms with E-state index in [-0.39, 0.29) is 22.2 Å². The molecule has 3 rings (SSSR count). The van der Waals surface area contributed by atoms with Crippen LogP contribution in [0.5, 0.6) is 0 Å². The number of benzene rings is 3. The van der Waals surface area contributed by atoms with Crippen LogP contribution in [0.2, 0.25) is 0 Å². The van der Waals surface area contributed by atoms with Crippen LogP contribution >= 0.6 is 31.9 Å². The van der Waals surface area contributed by atoms with Crippen LogP contribution in [-0.2, 0) is 0 Å². The number of carbonyl (C=O) groups is 2. The van der Waals surface area contributed by atoms with E-state index in [2.05, 4.69) is 31.9 Å². The van der Waals surface area contributed by atoms with E-state index in [9.17, 15) is 9.59 Å². The van der Waals surface area contributed by atoms with Crippen molar-refractivity contribution in [2.45, 2.75) is 0 Å². The zero-order valence-corrected chi connectivity index (χ0v) is 14.8. The van der Waals surface area contributed by atoms with E-state index >= 15 is 0 Å². The summed E-state index contributed by atoms with van der Waals surface area (Å²) in [7, 11) is 0. The number of ketones is 2. The Hall–Kier alpha value is -1.52. The Balaban J connectivity index is 2.39. The molecule has 0 heterocycles. The molecule has 110 valence electrons. The summed E-state index contributed by atoms with van der Waals surface area (Å²) >= 11 is 6.45. The smallest absolute Gasteiger partial charge is 0.173 e. The van der Waals surface area contributed by atoms with Gasteiger partial charge in [0.15, 0.2) is 11.6 Å². The summed E-state index contributed by atoms with van der Waals surface area (Å²) < 4.78 is 0. The lowest BCUT2D eigenvalue weighted by molar-refractivity contribution is 0.101. The molecular formula is C18H12Br2O2. The predicted octanol–water partition coefficient (Wildman–Crippen LogP) is 5.15. The molecule has 4 heteroatoms. The molecule has 0 unspecified atom stereocenters. The third kappa shape index (κ3) is 2.61. The van der Waals surface area contributed by atoms with Crippen LogP contribution in [0.3, 0.4) is 0 Å². The summed E-state index contributed by atoms with van der Waals surface area (Å²) in [5.41, 5.74) is 1.36. The third-order valence-electron chi connectivity index (χ3n) is 3.72. The van der Waals surface area contributed by atoms with Crippen LogP contribution in [0, 0.1) is 0 Å². The van der Waals surface area contributed by atoms with E-state index in [1.807, 2.05) is 48.5 Å². The van der Waals surface area contributed by atoms with Crippen molar-refractivity contribution in [1.29, 1.82) is 0 Å². The fourth-order valence-corrected chi connectivity index (χ4v) is 3.29. The lowest BCUT2D eigenvalue weighted by atomic mass is 9.95. The topological polar surface area (TPSA) is 34.1 Å². The van der Waals surface area contributed by atoms with Crippen molar-refractivity contribution in [3.63, 3.8) is 0 Å². The Bertz CT molecular complexity index is 829. The number of hydrogen-bond acceptors (Lipinski definition) is 2. The highest BCUT2D eigenvalue weighted by Crippen LogP contribution is 2.28. The van der Waals surface area contributed by atoms with Gasteiger partial charge < -0.3 is 0 Å². The second-order valence-electron chi connectivity index (χ2n) is 5.02. The van der Waals surface area contributed by atoms with Crippen molar-refractivity contribution >= 4 is 65.0 Å². The average Bonchev–Trinajstić information content (AvgIpc) is 2.57. The number of halogens is 2. The van der Waals surface area contributed by atoms with Gasteiger partial charge in [-0.05, 0) is 33.7 Å². The number of hydrogen-bond donors (Lipinski definition) is 0. The minimum absolute atomic E-state index is 0.0363. The Labute approximate surface area is 144 Å². The lowest BCUT2D eigenvalue weighted by Crippen LogP contribution is -2.02. The van der Waals surface area contributed by atoms with Crippen molar-refractivity contribution in [2.75, 3.05) is 10.7 Å². The Kier molecular flexibility index (Phi) is 4.41. The van der Waals surface area contributed by atoms with Gasteiger partial charge in [0.05, 0.1) is 10.7 Å². The normalized spacial score (nSPS) is 11.0. The van der Waals surface area contributed by atoms with Gasteiger partial charge in [0.25, 0.3) is 0 Å². The van der Waals surface area contributed by atoms with Crippen molar-refractivity contribution in [2.24, 2.45) is 0 Å².